The molecular weight excluding hydrogens is 190 g/mol. The van der Waals surface area contributed by atoms with Gasteiger partial charge in [0.1, 0.15) is 0 Å². The Morgan fingerprint density at radius 1 is 1.40 bits per heavy atom. The summed E-state index contributed by atoms with van der Waals surface area (Å²) in [4.78, 5) is 0. The Hall–Kier alpha value is -0.120. The molecule has 0 spiro atoms. The molecule has 0 aliphatic heterocycles. The van der Waals surface area contributed by atoms with Gasteiger partial charge in [-0.25, -0.2) is 0 Å². The van der Waals surface area contributed by atoms with Crippen LogP contribution in [-0.2, 0) is 4.74 Å². The molecule has 0 aromatic carbocycles. The maximum atomic E-state index is 10.0. The minimum Gasteiger partial charge on any atom is -0.392 e. The summed E-state index contributed by atoms with van der Waals surface area (Å²) in [5.74, 6) is 0. The third-order valence-electron chi connectivity index (χ3n) is 3.61. The minimum absolute atomic E-state index is 0.0635. The second-order valence-corrected chi connectivity index (χ2v) is 4.69. The summed E-state index contributed by atoms with van der Waals surface area (Å²) in [5.41, 5.74) is 5.76. The summed E-state index contributed by atoms with van der Waals surface area (Å²) in [6.07, 6.45) is 6.04. The van der Waals surface area contributed by atoms with Crippen LogP contribution in [0.25, 0.3) is 0 Å². The smallest absolute Gasteiger partial charge is 0.0609 e. The number of hydrogen-bond acceptors (Lipinski definition) is 3. The number of hydrogen-bond donors (Lipinski definition) is 2. The Labute approximate surface area is 93.0 Å². The number of aliphatic hydroxyl groups excluding tert-OH is 1. The van der Waals surface area contributed by atoms with Crippen LogP contribution in [0.15, 0.2) is 0 Å². The highest BCUT2D eigenvalue weighted by Gasteiger charge is 2.38. The average Bonchev–Trinajstić information content (AvgIpc) is 2.27. The molecule has 0 aromatic rings. The first kappa shape index (κ1) is 12.9. The van der Waals surface area contributed by atoms with E-state index in [0.717, 1.165) is 45.3 Å². The molecule has 0 bridgehead atoms. The fraction of sp³-hybridized carbons (Fsp3) is 1.00. The van der Waals surface area contributed by atoms with E-state index in [1.54, 1.807) is 0 Å². The van der Waals surface area contributed by atoms with Gasteiger partial charge in [0.15, 0.2) is 0 Å². The molecular formula is C12H25NO2. The van der Waals surface area contributed by atoms with Gasteiger partial charge in [0.2, 0.25) is 0 Å². The highest BCUT2D eigenvalue weighted by atomic mass is 16.5. The van der Waals surface area contributed by atoms with Crippen molar-refractivity contribution in [3.63, 3.8) is 0 Å². The standard InChI is InChI=1S/C12H25NO2/c1-2-8-15-9-7-12(10-13)6-4-3-5-11(12)14/h11,14H,2-10,13H2,1H3. The van der Waals surface area contributed by atoms with Crippen LogP contribution in [0.3, 0.4) is 0 Å². The predicted molar refractivity (Wildman–Crippen MR) is 61.7 cm³/mol. The summed E-state index contributed by atoms with van der Waals surface area (Å²) in [6, 6.07) is 0. The van der Waals surface area contributed by atoms with Crippen LogP contribution in [0.5, 0.6) is 0 Å². The normalized spacial score (nSPS) is 31.8. The van der Waals surface area contributed by atoms with Crippen molar-refractivity contribution in [1.82, 2.24) is 0 Å². The van der Waals surface area contributed by atoms with E-state index in [4.69, 9.17) is 10.5 Å². The molecule has 15 heavy (non-hydrogen) atoms. The van der Waals surface area contributed by atoms with E-state index >= 15 is 0 Å². The number of rotatable bonds is 6. The van der Waals surface area contributed by atoms with Crippen LogP contribution in [0.2, 0.25) is 0 Å². The SMILES string of the molecule is CCCOCCC1(CN)CCCCC1O. The second-order valence-electron chi connectivity index (χ2n) is 4.69. The van der Waals surface area contributed by atoms with Gasteiger partial charge in [0.05, 0.1) is 6.10 Å². The van der Waals surface area contributed by atoms with Crippen molar-refractivity contribution in [2.75, 3.05) is 19.8 Å². The molecule has 0 aromatic heterocycles. The number of nitrogens with two attached hydrogens (primary N) is 1. The summed E-state index contributed by atoms with van der Waals surface area (Å²) in [6.45, 7) is 4.25. The number of ether oxygens (including phenoxy) is 1. The summed E-state index contributed by atoms with van der Waals surface area (Å²) < 4.78 is 5.49. The molecule has 1 fully saturated rings. The zero-order valence-electron chi connectivity index (χ0n) is 9.87. The fourth-order valence-corrected chi connectivity index (χ4v) is 2.44. The molecule has 3 heteroatoms. The Bertz CT molecular complexity index is 175. The summed E-state index contributed by atoms with van der Waals surface area (Å²) in [7, 11) is 0. The Morgan fingerprint density at radius 2 is 2.20 bits per heavy atom. The van der Waals surface area contributed by atoms with Crippen LogP contribution in [0, 0.1) is 5.41 Å². The van der Waals surface area contributed by atoms with E-state index < -0.39 is 0 Å². The summed E-state index contributed by atoms with van der Waals surface area (Å²) in [5, 5.41) is 10.0. The van der Waals surface area contributed by atoms with Crippen LogP contribution in [-0.4, -0.2) is 31.0 Å². The van der Waals surface area contributed by atoms with Gasteiger partial charge < -0.3 is 15.6 Å². The van der Waals surface area contributed by atoms with Crippen LogP contribution < -0.4 is 5.73 Å². The van der Waals surface area contributed by atoms with Crippen molar-refractivity contribution < 1.29 is 9.84 Å². The molecule has 1 saturated carbocycles. The second kappa shape index (κ2) is 6.46. The molecule has 1 aliphatic rings. The van der Waals surface area contributed by atoms with Gasteiger partial charge >= 0.3 is 0 Å². The molecule has 3 N–H and O–H groups in total. The zero-order valence-corrected chi connectivity index (χ0v) is 9.87. The van der Waals surface area contributed by atoms with Crippen molar-refractivity contribution >= 4 is 0 Å². The van der Waals surface area contributed by atoms with Gasteiger partial charge in [-0.1, -0.05) is 19.8 Å². The number of aliphatic hydroxyl groups is 1. The first-order valence-electron chi connectivity index (χ1n) is 6.21. The third-order valence-corrected chi connectivity index (χ3v) is 3.61. The molecule has 3 nitrogen and oxygen atoms in total. The van der Waals surface area contributed by atoms with E-state index in [2.05, 4.69) is 6.92 Å². The van der Waals surface area contributed by atoms with Gasteiger partial charge in [-0.2, -0.15) is 0 Å². The van der Waals surface area contributed by atoms with Crippen molar-refractivity contribution in [1.29, 1.82) is 0 Å². The van der Waals surface area contributed by atoms with Gasteiger partial charge in [0, 0.05) is 25.2 Å². The lowest BCUT2D eigenvalue weighted by Crippen LogP contribution is -2.44. The molecule has 1 rings (SSSR count). The van der Waals surface area contributed by atoms with E-state index in [-0.39, 0.29) is 11.5 Å². The first-order chi connectivity index (χ1) is 7.25. The minimum atomic E-state index is -0.221. The topological polar surface area (TPSA) is 55.5 Å². The lowest BCUT2D eigenvalue weighted by Gasteiger charge is -2.40. The fourth-order valence-electron chi connectivity index (χ4n) is 2.44. The quantitative estimate of drug-likeness (QED) is 0.663. The summed E-state index contributed by atoms with van der Waals surface area (Å²) >= 11 is 0. The molecule has 0 saturated heterocycles. The monoisotopic (exact) mass is 215 g/mol. The van der Waals surface area contributed by atoms with Crippen molar-refractivity contribution in [2.24, 2.45) is 11.1 Å². The zero-order chi connectivity index (χ0) is 11.1. The van der Waals surface area contributed by atoms with Crippen molar-refractivity contribution in [2.45, 2.75) is 51.6 Å². The highest BCUT2D eigenvalue weighted by molar-refractivity contribution is 4.90. The van der Waals surface area contributed by atoms with Crippen LogP contribution in [0.4, 0.5) is 0 Å². The van der Waals surface area contributed by atoms with E-state index in [0.29, 0.717) is 6.54 Å². The molecule has 1 aliphatic carbocycles. The van der Waals surface area contributed by atoms with Crippen molar-refractivity contribution in [3.05, 3.63) is 0 Å². The van der Waals surface area contributed by atoms with Gasteiger partial charge in [-0.15, -0.1) is 0 Å². The molecule has 2 unspecified atom stereocenters. The maximum Gasteiger partial charge on any atom is 0.0609 e. The van der Waals surface area contributed by atoms with Gasteiger partial charge in [0.25, 0.3) is 0 Å². The molecule has 0 amide bonds. The first-order valence-corrected chi connectivity index (χ1v) is 6.21. The Kier molecular flexibility index (Phi) is 5.58. The van der Waals surface area contributed by atoms with E-state index in [1.165, 1.54) is 6.42 Å². The third kappa shape index (κ3) is 3.44. The van der Waals surface area contributed by atoms with Gasteiger partial charge in [-0.05, 0) is 25.7 Å². The lowest BCUT2D eigenvalue weighted by atomic mass is 9.70. The Morgan fingerprint density at radius 3 is 2.80 bits per heavy atom. The lowest BCUT2D eigenvalue weighted by molar-refractivity contribution is -0.0296. The molecule has 0 radical (unpaired) electrons. The molecule has 90 valence electrons. The van der Waals surface area contributed by atoms with E-state index in [1.807, 2.05) is 0 Å². The van der Waals surface area contributed by atoms with E-state index in [9.17, 15) is 5.11 Å². The average molecular weight is 215 g/mol. The molecule has 2 atom stereocenters. The van der Waals surface area contributed by atoms with Crippen molar-refractivity contribution in [3.8, 4) is 0 Å². The largest absolute Gasteiger partial charge is 0.392 e. The molecule has 0 heterocycles. The van der Waals surface area contributed by atoms with Gasteiger partial charge in [-0.3, -0.25) is 0 Å². The maximum absolute atomic E-state index is 10.0. The highest BCUT2D eigenvalue weighted by Crippen LogP contribution is 2.38. The van der Waals surface area contributed by atoms with Crippen LogP contribution in [0.1, 0.15) is 45.4 Å². The van der Waals surface area contributed by atoms with Crippen LogP contribution >= 0.6 is 0 Å². The Balaban J connectivity index is 2.37. The predicted octanol–water partition coefficient (Wildman–Crippen LogP) is 1.68.